The average Bonchev–Trinajstić information content (AvgIpc) is 2.43. The Labute approximate surface area is 118 Å². The number of phenols is 1. The Morgan fingerprint density at radius 2 is 1.85 bits per heavy atom. The van der Waals surface area contributed by atoms with Crippen molar-refractivity contribution in [3.63, 3.8) is 0 Å². The van der Waals surface area contributed by atoms with E-state index in [2.05, 4.69) is 5.32 Å². The lowest BCUT2D eigenvalue weighted by atomic mass is 9.92. The lowest BCUT2D eigenvalue weighted by Crippen LogP contribution is -2.45. The van der Waals surface area contributed by atoms with Gasteiger partial charge in [0.2, 0.25) is 5.91 Å². The molecule has 1 atom stereocenters. The number of aryl methyl sites for hydroxylation is 1. The Balaban J connectivity index is 2.26. The minimum atomic E-state index is -1.17. The van der Waals surface area contributed by atoms with Gasteiger partial charge in [-0.15, -0.1) is 0 Å². The Hall–Kier alpha value is -2.33. The van der Waals surface area contributed by atoms with E-state index in [1.807, 2.05) is 25.1 Å². The number of nitrogens with two attached hydrogens (primary N) is 1. The average molecular weight is 270 g/mol. The van der Waals surface area contributed by atoms with Crippen LogP contribution in [0.1, 0.15) is 18.1 Å². The van der Waals surface area contributed by atoms with Crippen molar-refractivity contribution in [1.82, 2.24) is 0 Å². The highest BCUT2D eigenvalue weighted by molar-refractivity contribution is 5.99. The van der Waals surface area contributed by atoms with E-state index >= 15 is 0 Å². The minimum absolute atomic E-state index is 0.0211. The summed E-state index contributed by atoms with van der Waals surface area (Å²) in [4.78, 5) is 12.4. The van der Waals surface area contributed by atoms with Gasteiger partial charge >= 0.3 is 0 Å². The predicted octanol–water partition coefficient (Wildman–Crippen LogP) is 2.51. The van der Waals surface area contributed by atoms with Gasteiger partial charge in [-0.3, -0.25) is 4.79 Å². The largest absolute Gasteiger partial charge is 0.506 e. The standard InChI is InChI=1S/C16H18N2O2/c1-11-8-9-14(19)13(10-11)18-15(20)16(2,17)12-6-4-3-5-7-12/h3-10,19H,17H2,1-2H3,(H,18,20). The van der Waals surface area contributed by atoms with Crippen molar-refractivity contribution in [3.05, 3.63) is 59.7 Å². The number of hydrogen-bond acceptors (Lipinski definition) is 3. The van der Waals surface area contributed by atoms with Crippen LogP contribution in [0.2, 0.25) is 0 Å². The molecule has 20 heavy (non-hydrogen) atoms. The third-order valence-electron chi connectivity index (χ3n) is 3.25. The van der Waals surface area contributed by atoms with Crippen LogP contribution in [0.3, 0.4) is 0 Å². The van der Waals surface area contributed by atoms with Gasteiger partial charge in [-0.25, -0.2) is 0 Å². The fraction of sp³-hybridized carbons (Fsp3) is 0.188. The van der Waals surface area contributed by atoms with Crippen LogP contribution in [-0.4, -0.2) is 11.0 Å². The molecule has 0 radical (unpaired) electrons. The molecular weight excluding hydrogens is 252 g/mol. The Kier molecular flexibility index (Phi) is 3.77. The number of carbonyl (C=O) groups excluding carboxylic acids is 1. The molecule has 4 heteroatoms. The molecular formula is C16H18N2O2. The molecule has 0 saturated heterocycles. The minimum Gasteiger partial charge on any atom is -0.506 e. The molecule has 0 aliphatic heterocycles. The van der Waals surface area contributed by atoms with Crippen LogP contribution in [0.25, 0.3) is 0 Å². The van der Waals surface area contributed by atoms with Gasteiger partial charge in [0.25, 0.3) is 0 Å². The van der Waals surface area contributed by atoms with Crippen LogP contribution < -0.4 is 11.1 Å². The highest BCUT2D eigenvalue weighted by atomic mass is 16.3. The van der Waals surface area contributed by atoms with E-state index in [1.165, 1.54) is 0 Å². The molecule has 104 valence electrons. The molecule has 0 spiro atoms. The van der Waals surface area contributed by atoms with Gasteiger partial charge in [-0.2, -0.15) is 0 Å². The molecule has 1 unspecified atom stereocenters. The monoisotopic (exact) mass is 270 g/mol. The molecule has 0 bridgehead atoms. The van der Waals surface area contributed by atoms with Gasteiger partial charge < -0.3 is 16.2 Å². The molecule has 1 amide bonds. The number of rotatable bonds is 3. The Morgan fingerprint density at radius 3 is 2.50 bits per heavy atom. The van der Waals surface area contributed by atoms with Gasteiger partial charge in [-0.05, 0) is 37.1 Å². The number of nitrogens with one attached hydrogen (secondary N) is 1. The first-order valence-corrected chi connectivity index (χ1v) is 6.37. The number of anilines is 1. The smallest absolute Gasteiger partial charge is 0.248 e. The van der Waals surface area contributed by atoms with E-state index in [-0.39, 0.29) is 11.7 Å². The van der Waals surface area contributed by atoms with Crippen LogP contribution in [-0.2, 0) is 10.3 Å². The second-order valence-electron chi connectivity index (χ2n) is 5.04. The summed E-state index contributed by atoms with van der Waals surface area (Å²) in [5, 5.41) is 12.4. The van der Waals surface area contributed by atoms with E-state index < -0.39 is 5.54 Å². The number of amides is 1. The van der Waals surface area contributed by atoms with Crippen LogP contribution in [0, 0.1) is 6.92 Å². The molecule has 2 aromatic carbocycles. The number of aromatic hydroxyl groups is 1. The van der Waals surface area contributed by atoms with Crippen molar-refractivity contribution in [1.29, 1.82) is 0 Å². The first-order chi connectivity index (χ1) is 9.41. The molecule has 4 N–H and O–H groups in total. The fourth-order valence-electron chi connectivity index (χ4n) is 1.92. The summed E-state index contributed by atoms with van der Waals surface area (Å²) in [6, 6.07) is 14.1. The van der Waals surface area contributed by atoms with E-state index in [9.17, 15) is 9.90 Å². The van der Waals surface area contributed by atoms with Crippen molar-refractivity contribution in [2.24, 2.45) is 5.73 Å². The summed E-state index contributed by atoms with van der Waals surface area (Å²) in [6.45, 7) is 3.53. The molecule has 0 aliphatic rings. The predicted molar refractivity (Wildman–Crippen MR) is 79.5 cm³/mol. The topological polar surface area (TPSA) is 75.3 Å². The van der Waals surface area contributed by atoms with Gasteiger partial charge in [-0.1, -0.05) is 36.4 Å². The van der Waals surface area contributed by atoms with Crippen molar-refractivity contribution in [2.75, 3.05) is 5.32 Å². The number of carbonyl (C=O) groups is 1. The Bertz CT molecular complexity index is 622. The lowest BCUT2D eigenvalue weighted by molar-refractivity contribution is -0.120. The van der Waals surface area contributed by atoms with E-state index in [1.54, 1.807) is 37.3 Å². The van der Waals surface area contributed by atoms with E-state index in [4.69, 9.17) is 5.73 Å². The summed E-state index contributed by atoms with van der Waals surface area (Å²) < 4.78 is 0. The van der Waals surface area contributed by atoms with Crippen molar-refractivity contribution < 1.29 is 9.90 Å². The van der Waals surface area contributed by atoms with Crippen molar-refractivity contribution in [3.8, 4) is 5.75 Å². The zero-order chi connectivity index (χ0) is 14.8. The number of benzene rings is 2. The van der Waals surface area contributed by atoms with Gasteiger partial charge in [0.05, 0.1) is 5.69 Å². The number of phenolic OH excluding ortho intramolecular Hbond substituents is 1. The summed E-state index contributed by atoms with van der Waals surface area (Å²) in [5.41, 5.74) is 6.97. The second kappa shape index (κ2) is 5.35. The fourth-order valence-corrected chi connectivity index (χ4v) is 1.92. The highest BCUT2D eigenvalue weighted by Crippen LogP contribution is 2.26. The van der Waals surface area contributed by atoms with Crippen LogP contribution in [0.4, 0.5) is 5.69 Å². The summed E-state index contributed by atoms with van der Waals surface area (Å²) >= 11 is 0. The van der Waals surface area contributed by atoms with Gasteiger partial charge in [0.1, 0.15) is 11.3 Å². The molecule has 4 nitrogen and oxygen atoms in total. The van der Waals surface area contributed by atoms with Crippen LogP contribution in [0.15, 0.2) is 48.5 Å². The Morgan fingerprint density at radius 1 is 1.20 bits per heavy atom. The first kappa shape index (κ1) is 14.1. The second-order valence-corrected chi connectivity index (χ2v) is 5.04. The van der Waals surface area contributed by atoms with Gasteiger partial charge in [0, 0.05) is 0 Å². The highest BCUT2D eigenvalue weighted by Gasteiger charge is 2.30. The molecule has 2 rings (SSSR count). The lowest BCUT2D eigenvalue weighted by Gasteiger charge is -2.24. The van der Waals surface area contributed by atoms with Crippen LogP contribution in [0.5, 0.6) is 5.75 Å². The summed E-state index contributed by atoms with van der Waals surface area (Å²) in [6.07, 6.45) is 0. The molecule has 0 heterocycles. The van der Waals surface area contributed by atoms with Crippen molar-refractivity contribution >= 4 is 11.6 Å². The number of hydrogen-bond donors (Lipinski definition) is 3. The first-order valence-electron chi connectivity index (χ1n) is 6.37. The maximum absolute atomic E-state index is 12.4. The quantitative estimate of drug-likeness (QED) is 0.750. The molecule has 0 aromatic heterocycles. The normalized spacial score (nSPS) is 13.6. The third-order valence-corrected chi connectivity index (χ3v) is 3.25. The molecule has 0 fully saturated rings. The SMILES string of the molecule is Cc1ccc(O)c(NC(=O)C(C)(N)c2ccccc2)c1. The molecule has 2 aromatic rings. The maximum atomic E-state index is 12.4. The maximum Gasteiger partial charge on any atom is 0.248 e. The van der Waals surface area contributed by atoms with Crippen LogP contribution >= 0.6 is 0 Å². The zero-order valence-electron chi connectivity index (χ0n) is 11.6. The van der Waals surface area contributed by atoms with E-state index in [0.717, 1.165) is 5.56 Å². The summed E-state index contributed by atoms with van der Waals surface area (Å²) in [5.74, 6) is -0.350. The van der Waals surface area contributed by atoms with Crippen molar-refractivity contribution in [2.45, 2.75) is 19.4 Å². The van der Waals surface area contributed by atoms with E-state index in [0.29, 0.717) is 11.3 Å². The zero-order valence-corrected chi connectivity index (χ0v) is 11.6. The van der Waals surface area contributed by atoms with Gasteiger partial charge in [0.15, 0.2) is 0 Å². The molecule has 0 aliphatic carbocycles. The summed E-state index contributed by atoms with van der Waals surface area (Å²) in [7, 11) is 0. The molecule has 0 saturated carbocycles. The third kappa shape index (κ3) is 2.81.